The second kappa shape index (κ2) is 7.42. The molecule has 2 aromatic rings. The Labute approximate surface area is 145 Å². The lowest BCUT2D eigenvalue weighted by molar-refractivity contribution is -0.121. The third kappa shape index (κ3) is 4.02. The van der Waals surface area contributed by atoms with Crippen molar-refractivity contribution in [3.63, 3.8) is 0 Å². The molecule has 2 amide bonds. The monoisotopic (exact) mass is 341 g/mol. The smallest absolute Gasteiger partial charge is 0.253 e. The van der Waals surface area contributed by atoms with Crippen molar-refractivity contribution in [2.45, 2.75) is 19.8 Å². The van der Waals surface area contributed by atoms with Crippen LogP contribution in [-0.2, 0) is 4.79 Å². The Morgan fingerprint density at radius 1 is 1.16 bits per heavy atom. The van der Waals surface area contributed by atoms with E-state index in [1.165, 1.54) is 6.07 Å². The zero-order chi connectivity index (χ0) is 17.8. The Morgan fingerprint density at radius 2 is 1.84 bits per heavy atom. The Kier molecular flexibility index (Phi) is 5.07. The van der Waals surface area contributed by atoms with Gasteiger partial charge in [0.25, 0.3) is 5.91 Å². The summed E-state index contributed by atoms with van der Waals surface area (Å²) in [5.74, 6) is -0.740. The maximum Gasteiger partial charge on any atom is 0.253 e. The first-order valence-electron chi connectivity index (χ1n) is 8.31. The van der Waals surface area contributed by atoms with Gasteiger partial charge in [0.15, 0.2) is 0 Å². The Balaban J connectivity index is 1.57. The zero-order valence-corrected chi connectivity index (χ0v) is 14.0. The molecule has 0 aliphatic carbocycles. The molecule has 1 fully saturated rings. The number of nitrogens with zero attached hydrogens (tertiary/aromatic N) is 2. The van der Waals surface area contributed by atoms with Crippen molar-refractivity contribution in [1.82, 2.24) is 9.88 Å². The highest BCUT2D eigenvalue weighted by molar-refractivity contribution is 5.95. The van der Waals surface area contributed by atoms with E-state index in [4.69, 9.17) is 0 Å². The molecule has 2 heterocycles. The molecule has 3 rings (SSSR count). The lowest BCUT2D eigenvalue weighted by Crippen LogP contribution is -2.41. The van der Waals surface area contributed by atoms with E-state index < -0.39 is 0 Å². The Hall–Kier alpha value is -2.76. The fourth-order valence-corrected chi connectivity index (χ4v) is 2.93. The second-order valence-corrected chi connectivity index (χ2v) is 6.26. The summed E-state index contributed by atoms with van der Waals surface area (Å²) in [6, 6.07) is 8.01. The van der Waals surface area contributed by atoms with E-state index in [2.05, 4.69) is 10.3 Å². The number of carbonyl (C=O) groups is 2. The molecule has 130 valence electrons. The van der Waals surface area contributed by atoms with Crippen LogP contribution in [0.25, 0.3) is 0 Å². The van der Waals surface area contributed by atoms with E-state index >= 15 is 0 Å². The van der Waals surface area contributed by atoms with Gasteiger partial charge >= 0.3 is 0 Å². The van der Waals surface area contributed by atoms with Crippen LogP contribution in [0.5, 0.6) is 0 Å². The average molecular weight is 341 g/mol. The number of piperidine rings is 1. The molecule has 1 aromatic heterocycles. The van der Waals surface area contributed by atoms with Gasteiger partial charge < -0.3 is 10.2 Å². The van der Waals surface area contributed by atoms with Gasteiger partial charge in [-0.1, -0.05) is 6.07 Å². The molecule has 1 aromatic carbocycles. The standard InChI is InChI=1S/C19H20FN3O2/c1-13-2-3-15(12-17(13)20)19(25)23-10-6-14(7-11-23)18(24)22-16-4-8-21-9-5-16/h2-5,8-9,12,14H,6-7,10-11H2,1H3,(H,21,22,24). The van der Waals surface area contributed by atoms with Crippen LogP contribution in [0.4, 0.5) is 10.1 Å². The van der Waals surface area contributed by atoms with Crippen molar-refractivity contribution in [3.05, 3.63) is 59.7 Å². The van der Waals surface area contributed by atoms with Gasteiger partial charge in [0.1, 0.15) is 5.82 Å². The fourth-order valence-electron chi connectivity index (χ4n) is 2.93. The molecule has 1 N–H and O–H groups in total. The second-order valence-electron chi connectivity index (χ2n) is 6.26. The van der Waals surface area contributed by atoms with Gasteiger partial charge in [0.05, 0.1) is 0 Å². The number of aryl methyl sites for hydroxylation is 1. The topological polar surface area (TPSA) is 62.3 Å². The van der Waals surface area contributed by atoms with E-state index in [9.17, 15) is 14.0 Å². The largest absolute Gasteiger partial charge is 0.339 e. The molecule has 5 nitrogen and oxygen atoms in total. The summed E-state index contributed by atoms with van der Waals surface area (Å²) < 4.78 is 13.7. The number of likely N-dealkylation sites (tertiary alicyclic amines) is 1. The first-order valence-corrected chi connectivity index (χ1v) is 8.31. The number of aromatic nitrogens is 1. The first kappa shape index (κ1) is 17.1. The van der Waals surface area contributed by atoms with E-state index in [0.29, 0.717) is 42.7 Å². The molecule has 0 atom stereocenters. The van der Waals surface area contributed by atoms with Crippen LogP contribution < -0.4 is 5.32 Å². The molecule has 0 bridgehead atoms. The summed E-state index contributed by atoms with van der Waals surface area (Å²) in [5, 5.41) is 2.87. The summed E-state index contributed by atoms with van der Waals surface area (Å²) in [5.41, 5.74) is 1.58. The molecule has 0 unspecified atom stereocenters. The van der Waals surface area contributed by atoms with Crippen LogP contribution in [0.3, 0.4) is 0 Å². The minimum atomic E-state index is -0.377. The highest BCUT2D eigenvalue weighted by Crippen LogP contribution is 2.21. The van der Waals surface area contributed by atoms with Crippen LogP contribution in [0.1, 0.15) is 28.8 Å². The Bertz CT molecular complexity index is 771. The van der Waals surface area contributed by atoms with Crippen molar-refractivity contribution >= 4 is 17.5 Å². The van der Waals surface area contributed by atoms with E-state index in [-0.39, 0.29) is 23.5 Å². The van der Waals surface area contributed by atoms with Crippen LogP contribution in [0.15, 0.2) is 42.7 Å². The van der Waals surface area contributed by atoms with Gasteiger partial charge in [-0.15, -0.1) is 0 Å². The molecule has 6 heteroatoms. The molecule has 25 heavy (non-hydrogen) atoms. The van der Waals surface area contributed by atoms with E-state index in [0.717, 1.165) is 0 Å². The zero-order valence-electron chi connectivity index (χ0n) is 14.0. The van der Waals surface area contributed by atoms with Crippen LogP contribution in [0, 0.1) is 18.7 Å². The third-order valence-electron chi connectivity index (χ3n) is 4.52. The SMILES string of the molecule is Cc1ccc(C(=O)N2CCC(C(=O)Nc3ccncc3)CC2)cc1F. The molecular formula is C19H20FN3O2. The highest BCUT2D eigenvalue weighted by Gasteiger charge is 2.28. The number of amides is 2. The number of benzene rings is 1. The number of carbonyl (C=O) groups excluding carboxylic acids is 2. The number of anilines is 1. The highest BCUT2D eigenvalue weighted by atomic mass is 19.1. The number of rotatable bonds is 3. The minimum absolute atomic E-state index is 0.0420. The van der Waals surface area contributed by atoms with Gasteiger partial charge in [-0.05, 0) is 49.6 Å². The lowest BCUT2D eigenvalue weighted by Gasteiger charge is -2.31. The first-order chi connectivity index (χ1) is 12.0. The molecule has 0 saturated carbocycles. The van der Waals surface area contributed by atoms with Crippen molar-refractivity contribution in [2.24, 2.45) is 5.92 Å². The number of halogens is 1. The van der Waals surface area contributed by atoms with Crippen LogP contribution in [0.2, 0.25) is 0 Å². The summed E-state index contributed by atoms with van der Waals surface area (Å²) in [6.07, 6.45) is 4.43. The normalized spacial score (nSPS) is 15.0. The molecule has 1 aliphatic rings. The van der Waals surface area contributed by atoms with Crippen LogP contribution in [-0.4, -0.2) is 34.8 Å². The van der Waals surface area contributed by atoms with Gasteiger partial charge in [-0.25, -0.2) is 4.39 Å². The predicted octanol–water partition coefficient (Wildman–Crippen LogP) is 3.02. The lowest BCUT2D eigenvalue weighted by atomic mass is 9.95. The number of pyridine rings is 1. The fraction of sp³-hybridized carbons (Fsp3) is 0.316. The quantitative estimate of drug-likeness (QED) is 0.933. The summed E-state index contributed by atoms with van der Waals surface area (Å²) in [4.78, 5) is 30.4. The van der Waals surface area contributed by atoms with Gasteiger partial charge in [-0.2, -0.15) is 0 Å². The molecule has 0 spiro atoms. The maximum absolute atomic E-state index is 13.7. The van der Waals surface area contributed by atoms with Gasteiger partial charge in [0, 0.05) is 42.7 Å². The maximum atomic E-state index is 13.7. The third-order valence-corrected chi connectivity index (χ3v) is 4.52. The van der Waals surface area contributed by atoms with Crippen molar-refractivity contribution < 1.29 is 14.0 Å². The van der Waals surface area contributed by atoms with Gasteiger partial charge in [0.2, 0.25) is 5.91 Å². The number of hydrogen-bond donors (Lipinski definition) is 1. The minimum Gasteiger partial charge on any atom is -0.339 e. The number of hydrogen-bond acceptors (Lipinski definition) is 3. The van der Waals surface area contributed by atoms with E-state index in [1.807, 2.05) is 0 Å². The van der Waals surface area contributed by atoms with Crippen molar-refractivity contribution in [2.75, 3.05) is 18.4 Å². The van der Waals surface area contributed by atoms with E-state index in [1.54, 1.807) is 48.5 Å². The summed E-state index contributed by atoms with van der Waals surface area (Å²) in [6.45, 7) is 2.64. The Morgan fingerprint density at radius 3 is 2.48 bits per heavy atom. The van der Waals surface area contributed by atoms with Gasteiger partial charge in [-0.3, -0.25) is 14.6 Å². The predicted molar refractivity (Wildman–Crippen MR) is 92.6 cm³/mol. The molecular weight excluding hydrogens is 321 g/mol. The van der Waals surface area contributed by atoms with Crippen molar-refractivity contribution in [3.8, 4) is 0 Å². The molecule has 0 radical (unpaired) electrons. The number of nitrogens with one attached hydrogen (secondary N) is 1. The van der Waals surface area contributed by atoms with Crippen LogP contribution >= 0.6 is 0 Å². The molecule has 1 aliphatic heterocycles. The summed E-state index contributed by atoms with van der Waals surface area (Å²) in [7, 11) is 0. The van der Waals surface area contributed by atoms with Crippen molar-refractivity contribution in [1.29, 1.82) is 0 Å². The summed E-state index contributed by atoms with van der Waals surface area (Å²) >= 11 is 0. The average Bonchev–Trinajstić information content (AvgIpc) is 2.64. The molecule has 1 saturated heterocycles.